The van der Waals surface area contributed by atoms with Gasteiger partial charge in [0.1, 0.15) is 6.42 Å². The van der Waals surface area contributed by atoms with Crippen molar-refractivity contribution in [3.8, 4) is 0 Å². The van der Waals surface area contributed by atoms with Gasteiger partial charge in [-0.25, -0.2) is 0 Å². The summed E-state index contributed by atoms with van der Waals surface area (Å²) in [7, 11) is 0. The molecule has 0 aromatic heterocycles. The molecule has 0 aliphatic carbocycles. The predicted molar refractivity (Wildman–Crippen MR) is 61.1 cm³/mol. The molecule has 1 amide bonds. The quantitative estimate of drug-likeness (QED) is 0.746. The third-order valence-corrected chi connectivity index (χ3v) is 3.98. The molecule has 92 valence electrons. The molecule has 0 unspecified atom stereocenters. The van der Waals surface area contributed by atoms with Crippen molar-refractivity contribution in [1.29, 1.82) is 0 Å². The van der Waals surface area contributed by atoms with Gasteiger partial charge in [-0.1, -0.05) is 26.7 Å². The number of rotatable bonds is 4. The van der Waals surface area contributed by atoms with Gasteiger partial charge in [0.15, 0.2) is 0 Å². The molecular weight excluding hydrogens is 206 g/mol. The van der Waals surface area contributed by atoms with Crippen molar-refractivity contribution in [2.45, 2.75) is 46.0 Å². The third kappa shape index (κ3) is 2.97. The molecule has 1 saturated heterocycles. The van der Waals surface area contributed by atoms with Crippen molar-refractivity contribution in [2.24, 2.45) is 5.41 Å². The topological polar surface area (TPSA) is 57.6 Å². The van der Waals surface area contributed by atoms with Crippen LogP contribution in [0.25, 0.3) is 0 Å². The summed E-state index contributed by atoms with van der Waals surface area (Å²) in [5.74, 6) is -1.28. The SMILES string of the molecule is CCC1(CC)CCN(C(=O)CC(=O)O)CC1. The molecule has 1 heterocycles. The van der Waals surface area contributed by atoms with E-state index in [-0.39, 0.29) is 12.3 Å². The average molecular weight is 227 g/mol. The zero-order chi connectivity index (χ0) is 12.2. The summed E-state index contributed by atoms with van der Waals surface area (Å²) in [6, 6.07) is 0. The van der Waals surface area contributed by atoms with Crippen molar-refractivity contribution < 1.29 is 14.7 Å². The van der Waals surface area contributed by atoms with Gasteiger partial charge in [0, 0.05) is 13.1 Å². The van der Waals surface area contributed by atoms with Crippen LogP contribution in [0.15, 0.2) is 0 Å². The second-order valence-corrected chi connectivity index (χ2v) is 4.66. The van der Waals surface area contributed by atoms with Crippen LogP contribution >= 0.6 is 0 Å². The van der Waals surface area contributed by atoms with Crippen molar-refractivity contribution in [3.63, 3.8) is 0 Å². The summed E-state index contributed by atoms with van der Waals surface area (Å²) in [5.41, 5.74) is 0.375. The highest BCUT2D eigenvalue weighted by Gasteiger charge is 2.33. The van der Waals surface area contributed by atoms with Gasteiger partial charge in [0.25, 0.3) is 0 Å². The van der Waals surface area contributed by atoms with Crippen LogP contribution in [0.5, 0.6) is 0 Å². The molecule has 1 aliphatic heterocycles. The lowest BCUT2D eigenvalue weighted by Crippen LogP contribution is -2.43. The van der Waals surface area contributed by atoms with Crippen LogP contribution in [0, 0.1) is 5.41 Å². The number of nitrogens with zero attached hydrogens (tertiary/aromatic N) is 1. The molecule has 4 nitrogen and oxygen atoms in total. The summed E-state index contributed by atoms with van der Waals surface area (Å²) in [4.78, 5) is 23.7. The smallest absolute Gasteiger partial charge is 0.312 e. The highest BCUT2D eigenvalue weighted by molar-refractivity contribution is 5.93. The number of carbonyl (C=O) groups is 2. The Bertz CT molecular complexity index is 261. The fourth-order valence-electron chi connectivity index (χ4n) is 2.43. The maximum Gasteiger partial charge on any atom is 0.312 e. The molecule has 1 N–H and O–H groups in total. The van der Waals surface area contributed by atoms with Gasteiger partial charge >= 0.3 is 5.97 Å². The van der Waals surface area contributed by atoms with E-state index in [0.717, 1.165) is 25.7 Å². The van der Waals surface area contributed by atoms with E-state index in [1.54, 1.807) is 4.90 Å². The second-order valence-electron chi connectivity index (χ2n) is 4.66. The van der Waals surface area contributed by atoms with Crippen LogP contribution in [0.1, 0.15) is 46.0 Å². The van der Waals surface area contributed by atoms with E-state index in [1.807, 2.05) is 0 Å². The molecule has 0 atom stereocenters. The first-order chi connectivity index (χ1) is 7.53. The zero-order valence-corrected chi connectivity index (χ0v) is 10.2. The summed E-state index contributed by atoms with van der Waals surface area (Å²) in [6.07, 6.45) is 3.93. The molecule has 0 aromatic carbocycles. The second kappa shape index (κ2) is 5.32. The minimum absolute atomic E-state index is 0.242. The van der Waals surface area contributed by atoms with Crippen LogP contribution in [0.4, 0.5) is 0 Å². The Kier molecular flexibility index (Phi) is 4.33. The molecule has 16 heavy (non-hydrogen) atoms. The van der Waals surface area contributed by atoms with E-state index in [9.17, 15) is 9.59 Å². The number of piperidine rings is 1. The predicted octanol–water partition coefficient (Wildman–Crippen LogP) is 1.89. The number of amides is 1. The number of hydrogen-bond donors (Lipinski definition) is 1. The monoisotopic (exact) mass is 227 g/mol. The number of likely N-dealkylation sites (tertiary alicyclic amines) is 1. The lowest BCUT2D eigenvalue weighted by atomic mass is 9.74. The number of carboxylic acids is 1. The minimum atomic E-state index is -1.03. The van der Waals surface area contributed by atoms with Crippen LogP contribution in [0.3, 0.4) is 0 Å². The average Bonchev–Trinajstić information content (AvgIpc) is 2.28. The lowest BCUT2D eigenvalue weighted by Gasteiger charge is -2.40. The van der Waals surface area contributed by atoms with Crippen LogP contribution in [-0.4, -0.2) is 35.0 Å². The highest BCUT2D eigenvalue weighted by atomic mass is 16.4. The Morgan fingerprint density at radius 2 is 1.69 bits per heavy atom. The van der Waals surface area contributed by atoms with Crippen molar-refractivity contribution in [2.75, 3.05) is 13.1 Å². The van der Waals surface area contributed by atoms with Crippen molar-refractivity contribution >= 4 is 11.9 Å². The van der Waals surface area contributed by atoms with Crippen molar-refractivity contribution in [1.82, 2.24) is 4.90 Å². The maximum atomic E-state index is 11.5. The van der Waals surface area contributed by atoms with Gasteiger partial charge in [-0.2, -0.15) is 0 Å². The summed E-state index contributed by atoms with van der Waals surface area (Å²) < 4.78 is 0. The largest absolute Gasteiger partial charge is 0.481 e. The molecule has 0 bridgehead atoms. The fourth-order valence-corrected chi connectivity index (χ4v) is 2.43. The van der Waals surface area contributed by atoms with Crippen molar-refractivity contribution in [3.05, 3.63) is 0 Å². The fraction of sp³-hybridized carbons (Fsp3) is 0.833. The van der Waals surface area contributed by atoms with Crippen LogP contribution in [-0.2, 0) is 9.59 Å². The Morgan fingerprint density at radius 3 is 2.06 bits per heavy atom. The molecule has 0 aromatic rings. The van der Waals surface area contributed by atoms with Gasteiger partial charge in [0.2, 0.25) is 5.91 Å². The Hall–Kier alpha value is -1.06. The normalized spacial score (nSPS) is 19.5. The molecule has 4 heteroatoms. The molecule has 0 saturated carbocycles. The van der Waals surface area contributed by atoms with E-state index in [4.69, 9.17) is 5.11 Å². The molecular formula is C12H21NO3. The highest BCUT2D eigenvalue weighted by Crippen LogP contribution is 2.37. The molecule has 1 rings (SSSR count). The molecule has 1 fully saturated rings. The number of carbonyl (C=O) groups excluding carboxylic acids is 1. The first-order valence-corrected chi connectivity index (χ1v) is 6.02. The number of aliphatic carboxylic acids is 1. The lowest BCUT2D eigenvalue weighted by molar-refractivity contribution is -0.145. The van der Waals surface area contributed by atoms with Gasteiger partial charge in [-0.05, 0) is 18.3 Å². The van der Waals surface area contributed by atoms with E-state index in [2.05, 4.69) is 13.8 Å². The number of carboxylic acid groups (broad SMARTS) is 1. The van der Waals surface area contributed by atoms with Gasteiger partial charge in [0.05, 0.1) is 0 Å². The van der Waals surface area contributed by atoms with E-state index < -0.39 is 5.97 Å². The molecule has 0 spiro atoms. The van der Waals surface area contributed by atoms with Crippen LogP contribution < -0.4 is 0 Å². The van der Waals surface area contributed by atoms with Crippen LogP contribution in [0.2, 0.25) is 0 Å². The first kappa shape index (κ1) is 13.0. The zero-order valence-electron chi connectivity index (χ0n) is 10.2. The number of hydrogen-bond acceptors (Lipinski definition) is 2. The summed E-state index contributed by atoms with van der Waals surface area (Å²) in [5, 5.41) is 8.56. The Morgan fingerprint density at radius 1 is 1.19 bits per heavy atom. The summed E-state index contributed by atoms with van der Waals surface area (Å²) >= 11 is 0. The standard InChI is InChI=1S/C12H21NO3/c1-3-12(4-2)5-7-13(8-6-12)10(14)9-11(15)16/h3-9H2,1-2H3,(H,15,16). The summed E-state index contributed by atoms with van der Waals surface area (Å²) in [6.45, 7) is 5.82. The minimum Gasteiger partial charge on any atom is -0.481 e. The van der Waals surface area contributed by atoms with Gasteiger partial charge in [-0.15, -0.1) is 0 Å². The maximum absolute atomic E-state index is 11.5. The molecule has 1 aliphatic rings. The van der Waals surface area contributed by atoms with E-state index in [0.29, 0.717) is 18.5 Å². The van der Waals surface area contributed by atoms with E-state index in [1.165, 1.54) is 0 Å². The van der Waals surface area contributed by atoms with Gasteiger partial charge in [-0.3, -0.25) is 9.59 Å². The molecule has 0 radical (unpaired) electrons. The first-order valence-electron chi connectivity index (χ1n) is 6.02. The van der Waals surface area contributed by atoms with Gasteiger partial charge < -0.3 is 10.0 Å². The Balaban J connectivity index is 2.48. The van der Waals surface area contributed by atoms with E-state index >= 15 is 0 Å². The Labute approximate surface area is 96.6 Å². The third-order valence-electron chi connectivity index (χ3n) is 3.98.